The highest BCUT2D eigenvalue weighted by atomic mass is 16.1. The zero-order valence-corrected chi connectivity index (χ0v) is 13.2. The van der Waals surface area contributed by atoms with E-state index in [0.29, 0.717) is 0 Å². The smallest absolute Gasteiger partial charge is 0.168 e. The van der Waals surface area contributed by atoms with Crippen molar-refractivity contribution < 1.29 is 4.79 Å². The van der Waals surface area contributed by atoms with Crippen LogP contribution < -0.4 is 0 Å². The van der Waals surface area contributed by atoms with Crippen molar-refractivity contribution in [2.24, 2.45) is 5.41 Å². The molecule has 2 heteroatoms. The second kappa shape index (κ2) is 4.69. The van der Waals surface area contributed by atoms with E-state index in [1.165, 1.54) is 0 Å². The van der Waals surface area contributed by atoms with E-state index in [2.05, 4.69) is 26.8 Å². The van der Waals surface area contributed by atoms with Gasteiger partial charge in [-0.3, -0.25) is 9.78 Å². The Labute approximate surface area is 121 Å². The molecule has 1 heterocycles. The lowest BCUT2D eigenvalue weighted by Crippen LogP contribution is -2.20. The van der Waals surface area contributed by atoms with Gasteiger partial charge < -0.3 is 0 Å². The molecule has 0 fully saturated rings. The van der Waals surface area contributed by atoms with Gasteiger partial charge in [0.25, 0.3) is 0 Å². The van der Waals surface area contributed by atoms with Crippen LogP contribution in [-0.2, 0) is 5.41 Å². The first-order valence-corrected chi connectivity index (χ1v) is 7.05. The lowest BCUT2D eigenvalue weighted by Gasteiger charge is -2.19. The third-order valence-corrected chi connectivity index (χ3v) is 3.40. The Morgan fingerprint density at radius 1 is 0.950 bits per heavy atom. The summed E-state index contributed by atoms with van der Waals surface area (Å²) in [6.07, 6.45) is 0. The van der Waals surface area contributed by atoms with Crippen LogP contribution in [0.15, 0.2) is 30.3 Å². The second-order valence-electron chi connectivity index (χ2n) is 7.43. The van der Waals surface area contributed by atoms with E-state index in [1.807, 2.05) is 45.0 Å². The number of rotatable bonds is 1. The highest BCUT2D eigenvalue weighted by Gasteiger charge is 2.23. The summed E-state index contributed by atoms with van der Waals surface area (Å²) in [6.45, 7) is 12.3. The lowest BCUT2D eigenvalue weighted by atomic mass is 9.86. The molecule has 0 aliphatic heterocycles. The molecule has 2 rings (SSSR count). The van der Waals surface area contributed by atoms with Gasteiger partial charge in [0.2, 0.25) is 0 Å². The van der Waals surface area contributed by atoms with Gasteiger partial charge in [0.15, 0.2) is 5.78 Å². The van der Waals surface area contributed by atoms with E-state index < -0.39 is 0 Å². The third-order valence-electron chi connectivity index (χ3n) is 3.40. The summed E-state index contributed by atoms with van der Waals surface area (Å²) < 4.78 is 0. The molecule has 0 N–H and O–H groups in total. The molecule has 20 heavy (non-hydrogen) atoms. The number of fused-ring (bicyclic) bond motifs is 1. The molecule has 0 unspecified atom stereocenters. The summed E-state index contributed by atoms with van der Waals surface area (Å²) in [4.78, 5) is 17.0. The molecule has 0 atom stereocenters. The first-order chi connectivity index (χ1) is 9.09. The minimum Gasteiger partial charge on any atom is -0.294 e. The van der Waals surface area contributed by atoms with Crippen molar-refractivity contribution >= 4 is 16.7 Å². The molecule has 0 aliphatic rings. The van der Waals surface area contributed by atoms with Crippen LogP contribution >= 0.6 is 0 Å². The van der Waals surface area contributed by atoms with Gasteiger partial charge in [-0.1, -0.05) is 47.6 Å². The van der Waals surface area contributed by atoms with E-state index in [-0.39, 0.29) is 16.6 Å². The van der Waals surface area contributed by atoms with Gasteiger partial charge in [-0.2, -0.15) is 0 Å². The van der Waals surface area contributed by atoms with Gasteiger partial charge in [0.1, 0.15) is 0 Å². The predicted octanol–water partition coefficient (Wildman–Crippen LogP) is 4.76. The summed E-state index contributed by atoms with van der Waals surface area (Å²) in [5.74, 6) is 0.166. The first-order valence-electron chi connectivity index (χ1n) is 7.05. The quantitative estimate of drug-likeness (QED) is 0.698. The Balaban J connectivity index is 2.50. The SMILES string of the molecule is CC(C)(C)C(=O)c1ccc2nc(C(C)(C)C)ccc2c1. The zero-order valence-electron chi connectivity index (χ0n) is 13.2. The summed E-state index contributed by atoms with van der Waals surface area (Å²) in [7, 11) is 0. The van der Waals surface area contributed by atoms with Gasteiger partial charge in [0, 0.05) is 27.5 Å². The first kappa shape index (κ1) is 14.7. The van der Waals surface area contributed by atoms with Crippen LogP contribution in [-0.4, -0.2) is 10.8 Å². The molecule has 0 bridgehead atoms. The molecular formula is C18H23NO. The van der Waals surface area contributed by atoms with Crippen molar-refractivity contribution in [1.82, 2.24) is 4.98 Å². The third kappa shape index (κ3) is 2.90. The van der Waals surface area contributed by atoms with Crippen molar-refractivity contribution in [2.75, 3.05) is 0 Å². The summed E-state index contributed by atoms with van der Waals surface area (Å²) >= 11 is 0. The Kier molecular flexibility index (Phi) is 3.45. The van der Waals surface area contributed by atoms with E-state index in [4.69, 9.17) is 4.98 Å². The molecule has 0 spiro atoms. The number of carbonyl (C=O) groups is 1. The molecule has 2 aromatic rings. The van der Waals surface area contributed by atoms with Gasteiger partial charge in [0.05, 0.1) is 5.52 Å². The minimum absolute atomic E-state index is 0.0358. The van der Waals surface area contributed by atoms with Gasteiger partial charge >= 0.3 is 0 Å². The number of Topliss-reactive ketones (excluding diaryl/α,β-unsaturated/α-hetero) is 1. The predicted molar refractivity (Wildman–Crippen MR) is 84.2 cm³/mol. The standard InChI is InChI=1S/C18H23NO/c1-17(2,3)15-10-8-12-11-13(7-9-14(12)19-15)16(20)18(4,5)6/h7-11H,1-6H3. The molecular weight excluding hydrogens is 246 g/mol. The number of nitrogens with zero attached hydrogens (tertiary/aromatic N) is 1. The van der Waals surface area contributed by atoms with E-state index in [9.17, 15) is 4.79 Å². The van der Waals surface area contributed by atoms with Gasteiger partial charge in [-0.05, 0) is 24.3 Å². The fourth-order valence-electron chi connectivity index (χ4n) is 2.12. The average molecular weight is 269 g/mol. The van der Waals surface area contributed by atoms with Crippen LogP contribution in [0.2, 0.25) is 0 Å². The molecule has 0 saturated heterocycles. The summed E-state index contributed by atoms with van der Waals surface area (Å²) in [5.41, 5.74) is 2.46. The van der Waals surface area contributed by atoms with Crippen molar-refractivity contribution in [3.8, 4) is 0 Å². The maximum absolute atomic E-state index is 12.3. The zero-order chi connectivity index (χ0) is 15.1. The molecule has 1 aromatic heterocycles. The summed E-state index contributed by atoms with van der Waals surface area (Å²) in [6, 6.07) is 9.89. The normalized spacial score (nSPS) is 12.7. The molecule has 106 valence electrons. The van der Waals surface area contributed by atoms with E-state index in [0.717, 1.165) is 22.2 Å². The van der Waals surface area contributed by atoms with Crippen LogP contribution in [0, 0.1) is 5.41 Å². The monoisotopic (exact) mass is 269 g/mol. The van der Waals surface area contributed by atoms with Crippen molar-refractivity contribution in [3.05, 3.63) is 41.6 Å². The number of ketones is 1. The highest BCUT2D eigenvalue weighted by Crippen LogP contribution is 2.26. The topological polar surface area (TPSA) is 30.0 Å². The van der Waals surface area contributed by atoms with Crippen LogP contribution in [0.3, 0.4) is 0 Å². The Morgan fingerprint density at radius 2 is 1.60 bits per heavy atom. The number of carbonyl (C=O) groups excluding carboxylic acids is 1. The minimum atomic E-state index is -0.355. The molecule has 1 aromatic carbocycles. The molecule has 0 amide bonds. The average Bonchev–Trinajstić information content (AvgIpc) is 2.34. The van der Waals surface area contributed by atoms with Crippen molar-refractivity contribution in [1.29, 1.82) is 0 Å². The lowest BCUT2D eigenvalue weighted by molar-refractivity contribution is 0.0858. The summed E-state index contributed by atoms with van der Waals surface area (Å²) in [5, 5.41) is 1.02. The molecule has 0 radical (unpaired) electrons. The molecule has 2 nitrogen and oxygen atoms in total. The number of benzene rings is 1. The van der Waals surface area contributed by atoms with Crippen LogP contribution in [0.25, 0.3) is 10.9 Å². The highest BCUT2D eigenvalue weighted by molar-refractivity contribution is 6.02. The van der Waals surface area contributed by atoms with E-state index in [1.54, 1.807) is 0 Å². The Hall–Kier alpha value is -1.70. The van der Waals surface area contributed by atoms with Gasteiger partial charge in [-0.15, -0.1) is 0 Å². The second-order valence-corrected chi connectivity index (χ2v) is 7.43. The van der Waals surface area contributed by atoms with Gasteiger partial charge in [-0.25, -0.2) is 0 Å². The maximum Gasteiger partial charge on any atom is 0.168 e. The molecule has 0 aliphatic carbocycles. The van der Waals surface area contributed by atoms with E-state index >= 15 is 0 Å². The van der Waals surface area contributed by atoms with Crippen molar-refractivity contribution in [2.45, 2.75) is 47.0 Å². The molecule has 0 saturated carbocycles. The fourth-order valence-corrected chi connectivity index (χ4v) is 2.12. The number of hydrogen-bond acceptors (Lipinski definition) is 2. The fraction of sp³-hybridized carbons (Fsp3) is 0.444. The largest absolute Gasteiger partial charge is 0.294 e. The van der Waals surface area contributed by atoms with Crippen LogP contribution in [0.1, 0.15) is 57.6 Å². The Morgan fingerprint density at radius 3 is 2.15 bits per heavy atom. The number of pyridine rings is 1. The van der Waals surface area contributed by atoms with Crippen LogP contribution in [0.5, 0.6) is 0 Å². The van der Waals surface area contributed by atoms with Crippen molar-refractivity contribution in [3.63, 3.8) is 0 Å². The van der Waals surface area contributed by atoms with Crippen LogP contribution in [0.4, 0.5) is 0 Å². The Bertz CT molecular complexity index is 657. The number of hydrogen-bond donors (Lipinski definition) is 0. The maximum atomic E-state index is 12.3. The number of aromatic nitrogens is 1.